The Hall–Kier alpha value is -3.06. The number of hydrazone groups is 1. The van der Waals surface area contributed by atoms with E-state index in [0.717, 1.165) is 11.3 Å². The van der Waals surface area contributed by atoms with E-state index in [1.54, 1.807) is 23.0 Å². The average Bonchev–Trinajstić information content (AvgIpc) is 2.71. The van der Waals surface area contributed by atoms with Gasteiger partial charge in [0.25, 0.3) is 5.56 Å². The maximum absolute atomic E-state index is 12.9. The Balaban J connectivity index is 1.93. The van der Waals surface area contributed by atoms with E-state index in [4.69, 9.17) is 4.74 Å². The fourth-order valence-corrected chi connectivity index (χ4v) is 2.71. The SMILES string of the molecule is CCOCCCn1c(N/N=C(/C)c2cccnc2)nc2ccccc2c1=O. The molecule has 0 aliphatic carbocycles. The van der Waals surface area contributed by atoms with E-state index < -0.39 is 0 Å². The van der Waals surface area contributed by atoms with Crippen LogP contribution in [0, 0.1) is 0 Å². The molecule has 0 radical (unpaired) electrons. The van der Waals surface area contributed by atoms with E-state index in [-0.39, 0.29) is 5.56 Å². The molecule has 2 aromatic heterocycles. The lowest BCUT2D eigenvalue weighted by molar-refractivity contribution is 0.141. The molecular weight excluding hydrogens is 342 g/mol. The summed E-state index contributed by atoms with van der Waals surface area (Å²) in [5.41, 5.74) is 5.16. The standard InChI is InChI=1S/C20H23N5O2/c1-3-27-13-7-12-25-19(26)17-9-4-5-10-18(17)22-20(25)24-23-15(2)16-8-6-11-21-14-16/h4-6,8-11,14H,3,7,12-13H2,1-2H3,(H,22,24)/b23-15-. The molecule has 0 spiro atoms. The van der Waals surface area contributed by atoms with Crippen molar-refractivity contribution in [3.05, 3.63) is 64.7 Å². The summed E-state index contributed by atoms with van der Waals surface area (Å²) in [6, 6.07) is 11.1. The molecule has 2 heterocycles. The molecule has 0 aliphatic heterocycles. The van der Waals surface area contributed by atoms with Gasteiger partial charge < -0.3 is 4.74 Å². The highest BCUT2D eigenvalue weighted by Gasteiger charge is 2.10. The molecule has 0 bridgehead atoms. The molecule has 1 aromatic carbocycles. The summed E-state index contributed by atoms with van der Waals surface area (Å²) in [6.45, 7) is 5.58. The van der Waals surface area contributed by atoms with E-state index in [2.05, 4.69) is 20.5 Å². The Morgan fingerprint density at radius 2 is 2.11 bits per heavy atom. The van der Waals surface area contributed by atoms with Gasteiger partial charge in [-0.1, -0.05) is 18.2 Å². The third kappa shape index (κ3) is 4.57. The molecule has 3 aromatic rings. The van der Waals surface area contributed by atoms with Crippen molar-refractivity contribution in [1.29, 1.82) is 0 Å². The molecular formula is C20H23N5O2. The zero-order valence-electron chi connectivity index (χ0n) is 15.6. The van der Waals surface area contributed by atoms with Crippen LogP contribution in [-0.4, -0.2) is 33.5 Å². The first-order valence-electron chi connectivity index (χ1n) is 8.98. The lowest BCUT2D eigenvalue weighted by Gasteiger charge is -2.13. The molecule has 0 atom stereocenters. The van der Waals surface area contributed by atoms with Crippen molar-refractivity contribution in [2.45, 2.75) is 26.8 Å². The second kappa shape index (κ2) is 9.05. The van der Waals surface area contributed by atoms with Gasteiger partial charge in [-0.05, 0) is 38.5 Å². The van der Waals surface area contributed by atoms with Gasteiger partial charge in [0.15, 0.2) is 0 Å². The molecule has 3 rings (SSSR count). The Morgan fingerprint density at radius 3 is 2.89 bits per heavy atom. The highest BCUT2D eigenvalue weighted by Crippen LogP contribution is 2.12. The number of hydrogen-bond donors (Lipinski definition) is 1. The molecule has 0 fully saturated rings. The summed E-state index contributed by atoms with van der Waals surface area (Å²) in [5.74, 6) is 0.415. The topological polar surface area (TPSA) is 81.4 Å². The van der Waals surface area contributed by atoms with Crippen molar-refractivity contribution in [2.75, 3.05) is 18.6 Å². The van der Waals surface area contributed by atoms with Crippen LogP contribution in [-0.2, 0) is 11.3 Å². The van der Waals surface area contributed by atoms with E-state index in [1.807, 2.05) is 44.2 Å². The van der Waals surface area contributed by atoms with Gasteiger partial charge in [0.2, 0.25) is 5.95 Å². The molecule has 1 N–H and O–H groups in total. The molecule has 0 saturated carbocycles. The minimum atomic E-state index is -0.0890. The number of nitrogens with zero attached hydrogens (tertiary/aromatic N) is 4. The molecule has 7 nitrogen and oxygen atoms in total. The summed E-state index contributed by atoms with van der Waals surface area (Å²) in [6.07, 6.45) is 4.17. The fraction of sp³-hybridized carbons (Fsp3) is 0.300. The van der Waals surface area contributed by atoms with E-state index >= 15 is 0 Å². The van der Waals surface area contributed by atoms with E-state index in [9.17, 15) is 4.79 Å². The van der Waals surface area contributed by atoms with Gasteiger partial charge in [0.1, 0.15) is 0 Å². The number of hydrogen-bond acceptors (Lipinski definition) is 6. The summed E-state index contributed by atoms with van der Waals surface area (Å²) in [7, 11) is 0. The lowest BCUT2D eigenvalue weighted by atomic mass is 10.2. The maximum atomic E-state index is 12.9. The maximum Gasteiger partial charge on any atom is 0.262 e. The van der Waals surface area contributed by atoms with Crippen LogP contribution in [0.1, 0.15) is 25.8 Å². The van der Waals surface area contributed by atoms with Crippen molar-refractivity contribution in [1.82, 2.24) is 14.5 Å². The largest absolute Gasteiger partial charge is 0.382 e. The smallest absolute Gasteiger partial charge is 0.262 e. The number of nitrogens with one attached hydrogen (secondary N) is 1. The molecule has 0 unspecified atom stereocenters. The molecule has 7 heteroatoms. The van der Waals surface area contributed by atoms with Gasteiger partial charge >= 0.3 is 0 Å². The zero-order chi connectivity index (χ0) is 19.1. The number of benzene rings is 1. The highest BCUT2D eigenvalue weighted by molar-refractivity contribution is 5.98. The quantitative estimate of drug-likeness (QED) is 0.377. The van der Waals surface area contributed by atoms with Crippen molar-refractivity contribution in [2.24, 2.45) is 5.10 Å². The van der Waals surface area contributed by atoms with E-state index in [0.29, 0.717) is 43.0 Å². The lowest BCUT2D eigenvalue weighted by Crippen LogP contribution is -2.25. The van der Waals surface area contributed by atoms with Crippen LogP contribution in [0.2, 0.25) is 0 Å². The number of rotatable bonds is 8. The third-order valence-corrected chi connectivity index (χ3v) is 4.14. The monoisotopic (exact) mass is 365 g/mol. The summed E-state index contributed by atoms with van der Waals surface area (Å²) >= 11 is 0. The van der Waals surface area contributed by atoms with Crippen LogP contribution in [0.25, 0.3) is 10.9 Å². The Bertz CT molecular complexity index is 983. The van der Waals surface area contributed by atoms with Gasteiger partial charge in [-0.2, -0.15) is 5.10 Å². The van der Waals surface area contributed by atoms with Crippen molar-refractivity contribution >= 4 is 22.6 Å². The van der Waals surface area contributed by atoms with Crippen LogP contribution in [0.3, 0.4) is 0 Å². The predicted octanol–water partition coefficient (Wildman–Crippen LogP) is 3.05. The first-order valence-corrected chi connectivity index (χ1v) is 8.98. The number of pyridine rings is 1. The van der Waals surface area contributed by atoms with Gasteiger partial charge in [-0.15, -0.1) is 0 Å². The Labute approximate surface area is 157 Å². The molecule has 27 heavy (non-hydrogen) atoms. The van der Waals surface area contributed by atoms with Gasteiger partial charge in [0.05, 0.1) is 16.6 Å². The number of anilines is 1. The second-order valence-electron chi connectivity index (χ2n) is 6.01. The highest BCUT2D eigenvalue weighted by atomic mass is 16.5. The average molecular weight is 365 g/mol. The first-order chi connectivity index (χ1) is 13.2. The first kappa shape index (κ1) is 18.7. The van der Waals surface area contributed by atoms with Crippen molar-refractivity contribution in [3.8, 4) is 0 Å². The summed E-state index contributed by atoms with van der Waals surface area (Å²) in [4.78, 5) is 21.6. The van der Waals surface area contributed by atoms with Gasteiger partial charge in [0, 0.05) is 37.7 Å². The summed E-state index contributed by atoms with van der Waals surface area (Å²) in [5, 5.41) is 4.98. The predicted molar refractivity (Wildman–Crippen MR) is 107 cm³/mol. The van der Waals surface area contributed by atoms with E-state index in [1.165, 1.54) is 0 Å². The normalized spacial score (nSPS) is 11.7. The Morgan fingerprint density at radius 1 is 1.26 bits per heavy atom. The second-order valence-corrected chi connectivity index (χ2v) is 6.01. The van der Waals surface area contributed by atoms with Crippen LogP contribution < -0.4 is 11.0 Å². The van der Waals surface area contributed by atoms with Crippen molar-refractivity contribution < 1.29 is 4.74 Å². The molecule has 0 amide bonds. The number of aromatic nitrogens is 3. The molecule has 0 aliphatic rings. The number of para-hydroxylation sites is 1. The van der Waals surface area contributed by atoms with Crippen LogP contribution in [0.5, 0.6) is 0 Å². The van der Waals surface area contributed by atoms with Crippen LogP contribution >= 0.6 is 0 Å². The van der Waals surface area contributed by atoms with Crippen LogP contribution in [0.4, 0.5) is 5.95 Å². The molecule has 0 saturated heterocycles. The zero-order valence-corrected chi connectivity index (χ0v) is 15.6. The fourth-order valence-electron chi connectivity index (χ4n) is 2.71. The Kier molecular flexibility index (Phi) is 6.27. The van der Waals surface area contributed by atoms with Gasteiger partial charge in [-0.3, -0.25) is 14.3 Å². The van der Waals surface area contributed by atoms with Crippen molar-refractivity contribution in [3.63, 3.8) is 0 Å². The van der Waals surface area contributed by atoms with Gasteiger partial charge in [-0.25, -0.2) is 10.4 Å². The minimum Gasteiger partial charge on any atom is -0.382 e. The summed E-state index contributed by atoms with van der Waals surface area (Å²) < 4.78 is 7.00. The van der Waals surface area contributed by atoms with Crippen LogP contribution in [0.15, 0.2) is 58.7 Å². The molecule has 140 valence electrons. The number of fused-ring (bicyclic) bond motifs is 1. The third-order valence-electron chi connectivity index (χ3n) is 4.14. The minimum absolute atomic E-state index is 0.0890. The number of ether oxygens (including phenoxy) is 1.